The van der Waals surface area contributed by atoms with Crippen LogP contribution in [-0.4, -0.2) is 7.05 Å². The number of benzene rings is 2. The molecule has 2 nitrogen and oxygen atoms in total. The van der Waals surface area contributed by atoms with Crippen LogP contribution in [0.4, 0.5) is 11.4 Å². The molecule has 94 valence electrons. The number of nitrogens with two attached hydrogens (primary N) is 1. The molecule has 0 bridgehead atoms. The predicted octanol–water partition coefficient (Wildman–Crippen LogP) is 3.88. The van der Waals surface area contributed by atoms with E-state index in [0.29, 0.717) is 6.54 Å². The summed E-state index contributed by atoms with van der Waals surface area (Å²) in [5.41, 5.74) is 10.3. The first-order chi connectivity index (χ1) is 8.61. The third-order valence-electron chi connectivity index (χ3n) is 3.04. The van der Waals surface area contributed by atoms with Crippen molar-refractivity contribution in [3.63, 3.8) is 0 Å². The van der Waals surface area contributed by atoms with Crippen LogP contribution >= 0.6 is 11.6 Å². The summed E-state index contributed by atoms with van der Waals surface area (Å²) in [4.78, 5) is 2.12. The standard InChI is InChI=1S/C15H17ClN2/c1-11-3-6-14(7-4-11)18(2)15-8-5-13(16)9-12(15)10-17/h3-9H,10,17H2,1-2H3. The van der Waals surface area contributed by atoms with Crippen LogP contribution < -0.4 is 10.6 Å². The van der Waals surface area contributed by atoms with Crippen molar-refractivity contribution in [1.82, 2.24) is 0 Å². The topological polar surface area (TPSA) is 29.3 Å². The van der Waals surface area contributed by atoms with Crippen molar-refractivity contribution in [1.29, 1.82) is 0 Å². The Hall–Kier alpha value is -1.51. The lowest BCUT2D eigenvalue weighted by Gasteiger charge is -2.22. The molecule has 0 unspecified atom stereocenters. The van der Waals surface area contributed by atoms with Crippen LogP contribution in [0.15, 0.2) is 42.5 Å². The molecule has 0 saturated heterocycles. The number of anilines is 2. The molecule has 2 rings (SSSR count). The summed E-state index contributed by atoms with van der Waals surface area (Å²) < 4.78 is 0. The number of hydrogen-bond acceptors (Lipinski definition) is 2. The van der Waals surface area contributed by atoms with Crippen molar-refractivity contribution in [2.75, 3.05) is 11.9 Å². The van der Waals surface area contributed by atoms with E-state index in [1.807, 2.05) is 25.2 Å². The second kappa shape index (κ2) is 5.42. The van der Waals surface area contributed by atoms with E-state index in [0.717, 1.165) is 22.0 Å². The van der Waals surface area contributed by atoms with Crippen molar-refractivity contribution in [3.8, 4) is 0 Å². The maximum atomic E-state index is 5.99. The smallest absolute Gasteiger partial charge is 0.0454 e. The number of nitrogens with zero attached hydrogens (tertiary/aromatic N) is 1. The maximum absolute atomic E-state index is 5.99. The Morgan fingerprint density at radius 2 is 1.78 bits per heavy atom. The van der Waals surface area contributed by atoms with Gasteiger partial charge >= 0.3 is 0 Å². The molecular weight excluding hydrogens is 244 g/mol. The van der Waals surface area contributed by atoms with Gasteiger partial charge in [-0.05, 0) is 42.8 Å². The molecule has 18 heavy (non-hydrogen) atoms. The maximum Gasteiger partial charge on any atom is 0.0454 e. The highest BCUT2D eigenvalue weighted by atomic mass is 35.5. The second-order valence-corrected chi connectivity index (χ2v) is 4.81. The molecular formula is C15H17ClN2. The van der Waals surface area contributed by atoms with E-state index in [1.165, 1.54) is 5.56 Å². The molecule has 0 aliphatic heterocycles. The van der Waals surface area contributed by atoms with Gasteiger partial charge in [-0.1, -0.05) is 29.3 Å². The molecule has 2 N–H and O–H groups in total. The summed E-state index contributed by atoms with van der Waals surface area (Å²) in [7, 11) is 2.03. The second-order valence-electron chi connectivity index (χ2n) is 4.37. The average Bonchev–Trinajstić information content (AvgIpc) is 2.38. The minimum absolute atomic E-state index is 0.478. The molecule has 0 aromatic heterocycles. The first-order valence-electron chi connectivity index (χ1n) is 5.90. The van der Waals surface area contributed by atoms with Gasteiger partial charge < -0.3 is 10.6 Å². The van der Waals surface area contributed by atoms with Gasteiger partial charge in [-0.25, -0.2) is 0 Å². The van der Waals surface area contributed by atoms with Gasteiger partial charge in [0.05, 0.1) is 0 Å². The summed E-state index contributed by atoms with van der Waals surface area (Å²) in [6.45, 7) is 2.56. The molecule has 0 atom stereocenters. The first kappa shape index (κ1) is 12.9. The van der Waals surface area contributed by atoms with Crippen LogP contribution in [-0.2, 0) is 6.54 Å². The van der Waals surface area contributed by atoms with Crippen LogP contribution in [0.25, 0.3) is 0 Å². The zero-order chi connectivity index (χ0) is 13.1. The summed E-state index contributed by atoms with van der Waals surface area (Å²) >= 11 is 5.99. The zero-order valence-electron chi connectivity index (χ0n) is 10.7. The molecule has 0 fully saturated rings. The van der Waals surface area contributed by atoms with Gasteiger partial charge in [-0.2, -0.15) is 0 Å². The number of halogens is 1. The number of rotatable bonds is 3. The molecule has 0 heterocycles. The van der Waals surface area contributed by atoms with Gasteiger partial charge in [0, 0.05) is 30.0 Å². The Bertz CT molecular complexity index is 535. The highest BCUT2D eigenvalue weighted by Crippen LogP contribution is 2.29. The normalized spacial score (nSPS) is 10.4. The van der Waals surface area contributed by atoms with Gasteiger partial charge in [0.2, 0.25) is 0 Å². The largest absolute Gasteiger partial charge is 0.344 e. The molecule has 2 aromatic carbocycles. The Morgan fingerprint density at radius 1 is 1.11 bits per heavy atom. The van der Waals surface area contributed by atoms with Crippen molar-refractivity contribution in [2.45, 2.75) is 13.5 Å². The lowest BCUT2D eigenvalue weighted by Crippen LogP contribution is -2.13. The molecule has 2 aromatic rings. The molecule has 0 radical (unpaired) electrons. The van der Waals surface area contributed by atoms with Gasteiger partial charge in [0.25, 0.3) is 0 Å². The predicted molar refractivity (Wildman–Crippen MR) is 78.6 cm³/mol. The fourth-order valence-electron chi connectivity index (χ4n) is 1.95. The van der Waals surface area contributed by atoms with Gasteiger partial charge in [0.15, 0.2) is 0 Å². The van der Waals surface area contributed by atoms with Crippen LogP contribution in [0.3, 0.4) is 0 Å². The minimum atomic E-state index is 0.478. The SMILES string of the molecule is Cc1ccc(N(C)c2ccc(Cl)cc2CN)cc1. The van der Waals surface area contributed by atoms with E-state index >= 15 is 0 Å². The Labute approximate surface area is 113 Å². The lowest BCUT2D eigenvalue weighted by atomic mass is 10.1. The van der Waals surface area contributed by atoms with E-state index < -0.39 is 0 Å². The van der Waals surface area contributed by atoms with Crippen molar-refractivity contribution < 1.29 is 0 Å². The highest BCUT2D eigenvalue weighted by molar-refractivity contribution is 6.30. The number of hydrogen-bond donors (Lipinski definition) is 1. The van der Waals surface area contributed by atoms with Crippen molar-refractivity contribution in [2.24, 2.45) is 5.73 Å². The van der Waals surface area contributed by atoms with E-state index in [4.69, 9.17) is 17.3 Å². The third kappa shape index (κ3) is 2.66. The summed E-state index contributed by atoms with van der Waals surface area (Å²) in [5.74, 6) is 0. The molecule has 0 amide bonds. The van der Waals surface area contributed by atoms with E-state index in [-0.39, 0.29) is 0 Å². The van der Waals surface area contributed by atoms with Gasteiger partial charge in [-0.3, -0.25) is 0 Å². The summed E-state index contributed by atoms with van der Waals surface area (Å²) in [6.07, 6.45) is 0. The fourth-order valence-corrected chi connectivity index (χ4v) is 2.15. The van der Waals surface area contributed by atoms with E-state index in [1.54, 1.807) is 0 Å². The lowest BCUT2D eigenvalue weighted by molar-refractivity contribution is 1.05. The minimum Gasteiger partial charge on any atom is -0.344 e. The average molecular weight is 261 g/mol. The van der Waals surface area contributed by atoms with E-state index in [9.17, 15) is 0 Å². The van der Waals surface area contributed by atoms with Crippen LogP contribution in [0, 0.1) is 6.92 Å². The quantitative estimate of drug-likeness (QED) is 0.908. The molecule has 3 heteroatoms. The van der Waals surface area contributed by atoms with E-state index in [2.05, 4.69) is 36.1 Å². The van der Waals surface area contributed by atoms with Crippen LogP contribution in [0.1, 0.15) is 11.1 Å². The summed E-state index contributed by atoms with van der Waals surface area (Å²) in [6, 6.07) is 14.2. The Morgan fingerprint density at radius 3 is 2.39 bits per heavy atom. The van der Waals surface area contributed by atoms with Gasteiger partial charge in [-0.15, -0.1) is 0 Å². The molecule has 0 saturated carbocycles. The summed E-state index contributed by atoms with van der Waals surface area (Å²) in [5, 5.41) is 0.719. The third-order valence-corrected chi connectivity index (χ3v) is 3.28. The molecule has 0 aliphatic carbocycles. The number of aryl methyl sites for hydroxylation is 1. The van der Waals surface area contributed by atoms with Crippen LogP contribution in [0.5, 0.6) is 0 Å². The monoisotopic (exact) mass is 260 g/mol. The van der Waals surface area contributed by atoms with Crippen LogP contribution in [0.2, 0.25) is 5.02 Å². The van der Waals surface area contributed by atoms with Crippen molar-refractivity contribution >= 4 is 23.0 Å². The van der Waals surface area contributed by atoms with Crippen molar-refractivity contribution in [3.05, 3.63) is 58.6 Å². The molecule has 0 spiro atoms. The zero-order valence-corrected chi connectivity index (χ0v) is 11.4. The first-order valence-corrected chi connectivity index (χ1v) is 6.28. The highest BCUT2D eigenvalue weighted by Gasteiger charge is 2.08. The Kier molecular flexibility index (Phi) is 3.90. The fraction of sp³-hybridized carbons (Fsp3) is 0.200. The Balaban J connectivity index is 2.39. The molecule has 0 aliphatic rings. The van der Waals surface area contributed by atoms with Gasteiger partial charge in [0.1, 0.15) is 0 Å².